The number of aliphatic carboxylic acids is 2. The number of fused-ring (bicyclic) bond motifs is 1. The quantitative estimate of drug-likeness (QED) is 0.792. The summed E-state index contributed by atoms with van der Waals surface area (Å²) in [6.45, 7) is 1.23. The topological polar surface area (TPSA) is 107 Å². The van der Waals surface area contributed by atoms with Crippen LogP contribution in [-0.4, -0.2) is 58.3 Å². The molecule has 0 saturated carbocycles. The van der Waals surface area contributed by atoms with Crippen LogP contribution in [0.15, 0.2) is 29.3 Å². The van der Waals surface area contributed by atoms with Crippen molar-refractivity contribution < 1.29 is 24.6 Å². The maximum atomic E-state index is 11.8. The molecule has 3 rings (SSSR count). The van der Waals surface area contributed by atoms with Crippen molar-refractivity contribution in [2.75, 3.05) is 19.6 Å². The van der Waals surface area contributed by atoms with Crippen LogP contribution in [-0.2, 0) is 20.8 Å². The molecular weight excluding hydrogens is 336 g/mol. The summed E-state index contributed by atoms with van der Waals surface area (Å²) >= 11 is 0. The second-order valence-electron chi connectivity index (χ2n) is 6.90. The zero-order chi connectivity index (χ0) is 18.7. The smallest absolute Gasteiger partial charge is 0.394 e. The third-order valence-corrected chi connectivity index (χ3v) is 5.27. The molecule has 0 aromatic heterocycles. The molecule has 7 nitrogen and oxygen atoms in total. The van der Waals surface area contributed by atoms with E-state index in [9.17, 15) is 19.5 Å². The molecule has 0 radical (unpaired) electrons. The van der Waals surface area contributed by atoms with Gasteiger partial charge in [-0.05, 0) is 42.2 Å². The highest BCUT2D eigenvalue weighted by Crippen LogP contribution is 2.32. The zero-order valence-corrected chi connectivity index (χ0v) is 14.4. The highest BCUT2D eigenvalue weighted by Gasteiger charge is 2.35. The highest BCUT2D eigenvalue weighted by molar-refractivity contribution is 6.31. The SMILES string of the molecule is O=C(O)CC1CCN(C(=O)C(=O)O)CC1CC1=NCCc2ccccc21. The van der Waals surface area contributed by atoms with Gasteiger partial charge in [-0.15, -0.1) is 0 Å². The number of carbonyl (C=O) groups is 3. The Labute approximate surface area is 151 Å². The number of nitrogens with zero attached hydrogens (tertiary/aromatic N) is 2. The van der Waals surface area contributed by atoms with Crippen molar-refractivity contribution in [3.05, 3.63) is 35.4 Å². The molecule has 7 heteroatoms. The first-order valence-corrected chi connectivity index (χ1v) is 8.81. The van der Waals surface area contributed by atoms with Crippen LogP contribution in [0.4, 0.5) is 0 Å². The second-order valence-corrected chi connectivity index (χ2v) is 6.90. The average Bonchev–Trinajstić information content (AvgIpc) is 2.62. The van der Waals surface area contributed by atoms with E-state index in [-0.39, 0.29) is 31.3 Å². The molecule has 138 valence electrons. The molecule has 0 bridgehead atoms. The fourth-order valence-corrected chi connectivity index (χ4v) is 3.96. The lowest BCUT2D eigenvalue weighted by Crippen LogP contribution is -2.47. The molecule has 2 N–H and O–H groups in total. The molecule has 2 atom stereocenters. The molecule has 2 unspecified atom stereocenters. The monoisotopic (exact) mass is 358 g/mol. The molecule has 1 aromatic carbocycles. The summed E-state index contributed by atoms with van der Waals surface area (Å²) in [5.41, 5.74) is 3.23. The maximum absolute atomic E-state index is 11.8. The van der Waals surface area contributed by atoms with Gasteiger partial charge in [-0.1, -0.05) is 24.3 Å². The molecule has 2 aliphatic heterocycles. The fraction of sp³-hybridized carbons (Fsp3) is 0.474. The van der Waals surface area contributed by atoms with E-state index in [1.165, 1.54) is 10.5 Å². The Morgan fingerprint density at radius 3 is 2.65 bits per heavy atom. The minimum Gasteiger partial charge on any atom is -0.481 e. The molecular formula is C19H22N2O5. The van der Waals surface area contributed by atoms with E-state index in [0.717, 1.165) is 17.7 Å². The van der Waals surface area contributed by atoms with Crippen molar-refractivity contribution in [1.82, 2.24) is 4.90 Å². The number of hydrogen-bond acceptors (Lipinski definition) is 4. The summed E-state index contributed by atoms with van der Waals surface area (Å²) in [7, 11) is 0. The number of rotatable bonds is 4. The van der Waals surface area contributed by atoms with E-state index < -0.39 is 17.8 Å². The third-order valence-electron chi connectivity index (χ3n) is 5.27. The van der Waals surface area contributed by atoms with Gasteiger partial charge in [0.05, 0.1) is 0 Å². The lowest BCUT2D eigenvalue weighted by molar-refractivity contribution is -0.157. The number of hydrogen-bond donors (Lipinski definition) is 2. The van der Waals surface area contributed by atoms with Crippen molar-refractivity contribution in [2.45, 2.75) is 25.7 Å². The zero-order valence-electron chi connectivity index (χ0n) is 14.4. The number of carbonyl (C=O) groups excluding carboxylic acids is 1. The lowest BCUT2D eigenvalue weighted by Gasteiger charge is -2.38. The van der Waals surface area contributed by atoms with Crippen LogP contribution in [0.5, 0.6) is 0 Å². The minimum atomic E-state index is -1.47. The van der Waals surface area contributed by atoms with E-state index in [2.05, 4.69) is 11.1 Å². The number of piperidine rings is 1. The van der Waals surface area contributed by atoms with Gasteiger partial charge in [0.2, 0.25) is 0 Å². The molecule has 0 aliphatic carbocycles. The highest BCUT2D eigenvalue weighted by atomic mass is 16.4. The minimum absolute atomic E-state index is 0.0225. The number of likely N-dealkylation sites (tertiary alicyclic amines) is 1. The number of carboxylic acids is 2. The van der Waals surface area contributed by atoms with Gasteiger partial charge in [-0.2, -0.15) is 0 Å². The first-order valence-electron chi connectivity index (χ1n) is 8.81. The van der Waals surface area contributed by atoms with Crippen molar-refractivity contribution in [1.29, 1.82) is 0 Å². The molecule has 1 amide bonds. The third kappa shape index (κ3) is 3.92. The summed E-state index contributed by atoms with van der Waals surface area (Å²) in [6, 6.07) is 8.03. The summed E-state index contributed by atoms with van der Waals surface area (Å²) < 4.78 is 0. The summed E-state index contributed by atoms with van der Waals surface area (Å²) in [4.78, 5) is 40.0. The van der Waals surface area contributed by atoms with Crippen molar-refractivity contribution in [2.24, 2.45) is 16.8 Å². The fourth-order valence-electron chi connectivity index (χ4n) is 3.96. The van der Waals surface area contributed by atoms with E-state index in [1.807, 2.05) is 18.2 Å². The first-order chi connectivity index (χ1) is 12.5. The van der Waals surface area contributed by atoms with Gasteiger partial charge in [-0.3, -0.25) is 14.6 Å². The Kier molecular flexibility index (Phi) is 5.35. The Bertz CT molecular complexity index is 758. The van der Waals surface area contributed by atoms with Crippen LogP contribution in [0.2, 0.25) is 0 Å². The van der Waals surface area contributed by atoms with Crippen molar-refractivity contribution in [3.63, 3.8) is 0 Å². The van der Waals surface area contributed by atoms with Gasteiger partial charge in [0.1, 0.15) is 0 Å². The van der Waals surface area contributed by atoms with Crippen LogP contribution in [0.1, 0.15) is 30.4 Å². The normalized spacial score (nSPS) is 22.3. The van der Waals surface area contributed by atoms with E-state index in [4.69, 9.17) is 5.11 Å². The van der Waals surface area contributed by atoms with Crippen LogP contribution < -0.4 is 0 Å². The van der Waals surface area contributed by atoms with E-state index in [0.29, 0.717) is 19.4 Å². The summed E-state index contributed by atoms with van der Waals surface area (Å²) in [5.74, 6) is -3.48. The molecule has 26 heavy (non-hydrogen) atoms. The Morgan fingerprint density at radius 1 is 1.15 bits per heavy atom. The van der Waals surface area contributed by atoms with Gasteiger partial charge < -0.3 is 15.1 Å². The van der Waals surface area contributed by atoms with Crippen LogP contribution >= 0.6 is 0 Å². The summed E-state index contributed by atoms with van der Waals surface area (Å²) in [5, 5.41) is 18.2. The molecule has 1 aromatic rings. The van der Waals surface area contributed by atoms with Crippen molar-refractivity contribution in [3.8, 4) is 0 Å². The van der Waals surface area contributed by atoms with E-state index in [1.54, 1.807) is 0 Å². The molecule has 1 saturated heterocycles. The number of carboxylic acid groups (broad SMARTS) is 2. The lowest BCUT2D eigenvalue weighted by atomic mass is 9.78. The Balaban J connectivity index is 1.80. The van der Waals surface area contributed by atoms with Crippen LogP contribution in [0, 0.1) is 11.8 Å². The maximum Gasteiger partial charge on any atom is 0.394 e. The van der Waals surface area contributed by atoms with Gasteiger partial charge in [0, 0.05) is 31.8 Å². The van der Waals surface area contributed by atoms with Gasteiger partial charge >= 0.3 is 17.8 Å². The van der Waals surface area contributed by atoms with Crippen molar-refractivity contribution >= 4 is 23.6 Å². The number of benzene rings is 1. The summed E-state index contributed by atoms with van der Waals surface area (Å²) in [6.07, 6.45) is 1.95. The molecule has 0 spiro atoms. The molecule has 2 aliphatic rings. The predicted molar refractivity (Wildman–Crippen MR) is 94.2 cm³/mol. The van der Waals surface area contributed by atoms with Crippen LogP contribution in [0.3, 0.4) is 0 Å². The van der Waals surface area contributed by atoms with Gasteiger partial charge in [-0.25, -0.2) is 4.79 Å². The number of aliphatic imine (C=N–C) groups is 1. The standard InChI is InChI=1S/C19H22N2O5/c22-17(23)10-13-6-8-21(18(24)19(25)26)11-14(13)9-16-15-4-2-1-3-12(15)5-7-20-16/h1-4,13-14H,5-11H2,(H,22,23)(H,25,26). The molecule has 1 fully saturated rings. The predicted octanol–water partition coefficient (Wildman–Crippen LogP) is 1.45. The largest absolute Gasteiger partial charge is 0.481 e. The Hall–Kier alpha value is -2.70. The Morgan fingerprint density at radius 2 is 1.92 bits per heavy atom. The van der Waals surface area contributed by atoms with Crippen LogP contribution in [0.25, 0.3) is 0 Å². The second kappa shape index (κ2) is 7.68. The van der Waals surface area contributed by atoms with Gasteiger partial charge in [0.15, 0.2) is 0 Å². The first kappa shape index (κ1) is 18.1. The van der Waals surface area contributed by atoms with Gasteiger partial charge in [0.25, 0.3) is 0 Å². The number of amides is 1. The van der Waals surface area contributed by atoms with E-state index >= 15 is 0 Å². The molecule has 2 heterocycles. The average molecular weight is 358 g/mol.